The van der Waals surface area contributed by atoms with E-state index in [4.69, 9.17) is 5.26 Å². The number of fused-ring (bicyclic) bond motifs is 1. The maximum Gasteiger partial charge on any atom is 0.321 e. The molecule has 5 nitrogen and oxygen atoms in total. The van der Waals surface area contributed by atoms with Gasteiger partial charge in [-0.2, -0.15) is 5.26 Å². The molecule has 2 N–H and O–H groups in total. The number of aromatic amines is 1. The van der Waals surface area contributed by atoms with Crippen molar-refractivity contribution in [1.29, 1.82) is 5.26 Å². The average molecular weight is 411 g/mol. The van der Waals surface area contributed by atoms with E-state index in [1.165, 1.54) is 10.9 Å². The maximum absolute atomic E-state index is 12.6. The molecule has 2 amide bonds. The van der Waals surface area contributed by atoms with E-state index >= 15 is 0 Å². The molecule has 1 heterocycles. The predicted octanol–water partition coefficient (Wildman–Crippen LogP) is 4.92. The van der Waals surface area contributed by atoms with Gasteiger partial charge in [0.2, 0.25) is 0 Å². The number of carbonyl (C=O) groups is 1. The van der Waals surface area contributed by atoms with Gasteiger partial charge in [-0.25, -0.2) is 4.79 Å². The number of nitrogens with zero attached hydrogens (tertiary/aromatic N) is 2. The number of halogens is 1. The molecule has 3 aromatic rings. The molecule has 1 aromatic heterocycles. The van der Waals surface area contributed by atoms with Crippen LogP contribution >= 0.6 is 15.9 Å². The molecule has 3 rings (SSSR count). The zero-order valence-corrected chi connectivity index (χ0v) is 15.8. The number of hydrogen-bond acceptors (Lipinski definition) is 2. The highest BCUT2D eigenvalue weighted by Gasteiger charge is 2.14. The second-order valence-corrected chi connectivity index (χ2v) is 6.86. The molecule has 0 atom stereocenters. The highest BCUT2D eigenvalue weighted by molar-refractivity contribution is 9.10. The zero-order valence-electron chi connectivity index (χ0n) is 14.2. The summed E-state index contributed by atoms with van der Waals surface area (Å²) in [7, 11) is 0. The smallest absolute Gasteiger partial charge is 0.321 e. The summed E-state index contributed by atoms with van der Waals surface area (Å²) in [5, 5.41) is 13.0. The second kappa shape index (κ2) is 8.54. The van der Waals surface area contributed by atoms with E-state index in [1.807, 2.05) is 48.7 Å². The molecular weight excluding hydrogens is 392 g/mol. The number of aromatic nitrogens is 1. The number of rotatable bonds is 6. The largest absolute Gasteiger partial charge is 0.361 e. The number of anilines is 1. The Labute approximate surface area is 160 Å². The number of hydrogen-bond donors (Lipinski definition) is 2. The molecule has 0 aliphatic heterocycles. The van der Waals surface area contributed by atoms with E-state index in [1.54, 1.807) is 4.90 Å². The first-order valence-electron chi connectivity index (χ1n) is 8.41. The van der Waals surface area contributed by atoms with Crippen LogP contribution in [0.3, 0.4) is 0 Å². The lowest BCUT2D eigenvalue weighted by Crippen LogP contribution is -2.37. The maximum atomic E-state index is 12.6. The van der Waals surface area contributed by atoms with Crippen LogP contribution in [-0.2, 0) is 6.42 Å². The van der Waals surface area contributed by atoms with E-state index in [-0.39, 0.29) is 6.03 Å². The standard InChI is InChI=1S/C20H19BrN4O/c21-16-6-8-17(9-7-16)24-20(26)25(12-3-11-22)13-10-15-14-23-19-5-2-1-4-18(15)19/h1-2,4-9,14,23H,3,10,12-13H2,(H,24,26). The van der Waals surface area contributed by atoms with Crippen LogP contribution in [0.25, 0.3) is 10.9 Å². The van der Waals surface area contributed by atoms with Gasteiger partial charge in [-0.05, 0) is 42.3 Å². The van der Waals surface area contributed by atoms with Gasteiger partial charge in [0.1, 0.15) is 0 Å². The Kier molecular flexibility index (Phi) is 5.92. The number of urea groups is 1. The van der Waals surface area contributed by atoms with Crippen molar-refractivity contribution >= 4 is 38.6 Å². The van der Waals surface area contributed by atoms with Crippen LogP contribution in [0, 0.1) is 11.3 Å². The molecule has 0 saturated carbocycles. The molecular formula is C20H19BrN4O. The number of H-pyrrole nitrogens is 1. The van der Waals surface area contributed by atoms with E-state index < -0.39 is 0 Å². The minimum absolute atomic E-state index is 0.192. The quantitative estimate of drug-likeness (QED) is 0.604. The summed E-state index contributed by atoms with van der Waals surface area (Å²) in [6.45, 7) is 0.951. The van der Waals surface area contributed by atoms with Gasteiger partial charge < -0.3 is 15.2 Å². The summed E-state index contributed by atoms with van der Waals surface area (Å²) in [4.78, 5) is 17.6. The van der Waals surface area contributed by atoms with Crippen molar-refractivity contribution < 1.29 is 4.79 Å². The number of para-hydroxylation sites is 1. The molecule has 0 spiro atoms. The van der Waals surface area contributed by atoms with Crippen molar-refractivity contribution in [2.24, 2.45) is 0 Å². The molecule has 0 aliphatic rings. The third-order valence-corrected chi connectivity index (χ3v) is 4.73. The van der Waals surface area contributed by atoms with Gasteiger partial charge in [0.15, 0.2) is 0 Å². The molecule has 0 radical (unpaired) electrons. The molecule has 26 heavy (non-hydrogen) atoms. The molecule has 0 bridgehead atoms. The van der Waals surface area contributed by atoms with Gasteiger partial charge in [-0.3, -0.25) is 0 Å². The highest BCUT2D eigenvalue weighted by atomic mass is 79.9. The minimum Gasteiger partial charge on any atom is -0.361 e. The van der Waals surface area contributed by atoms with Crippen LogP contribution in [0.4, 0.5) is 10.5 Å². The Morgan fingerprint density at radius 2 is 1.92 bits per heavy atom. The molecule has 6 heteroatoms. The third kappa shape index (κ3) is 4.44. The van der Waals surface area contributed by atoms with E-state index in [9.17, 15) is 4.79 Å². The van der Waals surface area contributed by atoms with Gasteiger partial charge in [0.05, 0.1) is 12.5 Å². The average Bonchev–Trinajstić information content (AvgIpc) is 3.07. The van der Waals surface area contributed by atoms with Crippen molar-refractivity contribution in [2.45, 2.75) is 12.8 Å². The fraction of sp³-hybridized carbons (Fsp3) is 0.200. The van der Waals surface area contributed by atoms with E-state index in [2.05, 4.69) is 38.4 Å². The Bertz CT molecular complexity index is 927. The Morgan fingerprint density at radius 1 is 1.15 bits per heavy atom. The zero-order chi connectivity index (χ0) is 18.4. The monoisotopic (exact) mass is 410 g/mol. The molecule has 0 aliphatic carbocycles. The summed E-state index contributed by atoms with van der Waals surface area (Å²) in [5.74, 6) is 0. The summed E-state index contributed by atoms with van der Waals surface area (Å²) in [5.41, 5.74) is 2.98. The van der Waals surface area contributed by atoms with Gasteiger partial charge in [-0.15, -0.1) is 0 Å². The minimum atomic E-state index is -0.192. The number of nitrogens with one attached hydrogen (secondary N) is 2. The van der Waals surface area contributed by atoms with Crippen molar-refractivity contribution in [3.63, 3.8) is 0 Å². The van der Waals surface area contributed by atoms with Crippen molar-refractivity contribution in [3.8, 4) is 6.07 Å². The summed E-state index contributed by atoms with van der Waals surface area (Å²) >= 11 is 3.38. The van der Waals surface area contributed by atoms with Gasteiger partial charge >= 0.3 is 6.03 Å². The molecule has 132 valence electrons. The van der Waals surface area contributed by atoms with Gasteiger partial charge in [0.25, 0.3) is 0 Å². The lowest BCUT2D eigenvalue weighted by atomic mass is 10.1. The number of nitriles is 1. The van der Waals surface area contributed by atoms with E-state index in [0.29, 0.717) is 19.5 Å². The van der Waals surface area contributed by atoms with Crippen molar-refractivity contribution in [1.82, 2.24) is 9.88 Å². The highest BCUT2D eigenvalue weighted by Crippen LogP contribution is 2.19. The van der Waals surface area contributed by atoms with Crippen LogP contribution < -0.4 is 5.32 Å². The second-order valence-electron chi connectivity index (χ2n) is 5.94. The normalized spacial score (nSPS) is 10.5. The number of benzene rings is 2. The predicted molar refractivity (Wildman–Crippen MR) is 107 cm³/mol. The van der Waals surface area contributed by atoms with Crippen LogP contribution in [-0.4, -0.2) is 29.0 Å². The molecule has 0 fully saturated rings. The van der Waals surface area contributed by atoms with Crippen molar-refractivity contribution in [3.05, 3.63) is 64.8 Å². The Balaban J connectivity index is 1.68. The first-order chi connectivity index (χ1) is 12.7. The topological polar surface area (TPSA) is 71.9 Å². The molecule has 2 aromatic carbocycles. The van der Waals surface area contributed by atoms with Gasteiger partial charge in [-0.1, -0.05) is 34.1 Å². The Hall–Kier alpha value is -2.78. The summed E-state index contributed by atoms with van der Waals surface area (Å²) in [6.07, 6.45) is 3.02. The number of amides is 2. The van der Waals surface area contributed by atoms with Crippen LogP contribution in [0.5, 0.6) is 0 Å². The van der Waals surface area contributed by atoms with Crippen LogP contribution in [0.2, 0.25) is 0 Å². The summed E-state index contributed by atoms with van der Waals surface area (Å²) in [6, 6.07) is 17.5. The first-order valence-corrected chi connectivity index (χ1v) is 9.20. The summed E-state index contributed by atoms with van der Waals surface area (Å²) < 4.78 is 0.955. The fourth-order valence-corrected chi connectivity index (χ4v) is 3.09. The SMILES string of the molecule is N#CCCN(CCc1c[nH]c2ccccc12)C(=O)Nc1ccc(Br)cc1. The third-order valence-electron chi connectivity index (χ3n) is 4.20. The lowest BCUT2D eigenvalue weighted by molar-refractivity contribution is 0.213. The number of carbonyl (C=O) groups excluding carboxylic acids is 1. The van der Waals surface area contributed by atoms with Crippen molar-refractivity contribution in [2.75, 3.05) is 18.4 Å². The van der Waals surface area contributed by atoms with Crippen LogP contribution in [0.1, 0.15) is 12.0 Å². The van der Waals surface area contributed by atoms with Crippen LogP contribution in [0.15, 0.2) is 59.2 Å². The van der Waals surface area contributed by atoms with Gasteiger partial charge in [0, 0.05) is 40.3 Å². The Morgan fingerprint density at radius 3 is 2.69 bits per heavy atom. The fourth-order valence-electron chi connectivity index (χ4n) is 2.83. The molecule has 0 unspecified atom stereocenters. The first kappa shape index (κ1) is 18.0. The molecule has 0 saturated heterocycles. The lowest BCUT2D eigenvalue weighted by Gasteiger charge is -2.22. The van der Waals surface area contributed by atoms with E-state index in [0.717, 1.165) is 22.1 Å².